The van der Waals surface area contributed by atoms with Crippen LogP contribution in [0.1, 0.15) is 34.3 Å². The monoisotopic (exact) mass is 342 g/mol. The number of carbonyl (C=O) groups excluding carboxylic acids is 2. The largest absolute Gasteiger partial charge is 0.338 e. The van der Waals surface area contributed by atoms with Gasteiger partial charge in [-0.3, -0.25) is 9.59 Å². The molecule has 2 amide bonds. The number of nitrogens with zero attached hydrogens (tertiary/aromatic N) is 1. The number of amides is 2. The Kier molecular flexibility index (Phi) is 4.86. The van der Waals surface area contributed by atoms with Crippen LogP contribution in [0.2, 0.25) is 5.02 Å². The molecule has 0 atom stereocenters. The number of rotatable bonds is 4. The Bertz CT molecular complexity index is 771. The summed E-state index contributed by atoms with van der Waals surface area (Å²) in [5, 5.41) is 3.54. The quantitative estimate of drug-likeness (QED) is 0.912. The van der Waals surface area contributed by atoms with Gasteiger partial charge in [-0.2, -0.15) is 0 Å². The van der Waals surface area contributed by atoms with Crippen molar-refractivity contribution < 1.29 is 9.59 Å². The molecule has 0 spiro atoms. The van der Waals surface area contributed by atoms with Crippen LogP contribution in [0.4, 0.5) is 5.69 Å². The number of nitrogens with one attached hydrogen (secondary N) is 1. The third kappa shape index (κ3) is 3.77. The molecule has 1 heterocycles. The first kappa shape index (κ1) is 16.5. The van der Waals surface area contributed by atoms with Crippen molar-refractivity contribution in [2.45, 2.75) is 26.3 Å². The van der Waals surface area contributed by atoms with E-state index < -0.39 is 0 Å². The van der Waals surface area contributed by atoms with E-state index in [0.717, 1.165) is 29.8 Å². The van der Waals surface area contributed by atoms with E-state index in [9.17, 15) is 9.59 Å². The van der Waals surface area contributed by atoms with E-state index in [2.05, 4.69) is 5.32 Å². The van der Waals surface area contributed by atoms with Crippen LogP contribution < -0.4 is 5.32 Å². The standard InChI is InChI=1S/C19H19ClN2O2/c1-13-11-16(20)8-9-17(13)21-19(24)15-6-4-14(5-7-15)12-22-10-2-3-18(22)23/h4-9,11H,2-3,10,12H2,1H3,(H,21,24). The van der Waals surface area contributed by atoms with Crippen LogP contribution in [0.15, 0.2) is 42.5 Å². The van der Waals surface area contributed by atoms with Gasteiger partial charge in [0.1, 0.15) is 0 Å². The number of anilines is 1. The highest BCUT2D eigenvalue weighted by Crippen LogP contribution is 2.20. The van der Waals surface area contributed by atoms with Crippen molar-refractivity contribution in [3.8, 4) is 0 Å². The summed E-state index contributed by atoms with van der Waals surface area (Å²) in [6.07, 6.45) is 1.57. The molecule has 24 heavy (non-hydrogen) atoms. The molecule has 2 aromatic rings. The Morgan fingerprint density at radius 2 is 1.96 bits per heavy atom. The SMILES string of the molecule is Cc1cc(Cl)ccc1NC(=O)c1ccc(CN2CCCC2=O)cc1. The minimum Gasteiger partial charge on any atom is -0.338 e. The molecule has 3 rings (SSSR count). The first-order valence-electron chi connectivity index (χ1n) is 7.97. The second-order valence-electron chi connectivity index (χ2n) is 6.03. The van der Waals surface area contributed by atoms with Crippen LogP contribution in [-0.4, -0.2) is 23.3 Å². The van der Waals surface area contributed by atoms with E-state index in [-0.39, 0.29) is 11.8 Å². The molecule has 1 aliphatic heterocycles. The lowest BCUT2D eigenvalue weighted by molar-refractivity contribution is -0.128. The molecule has 4 nitrogen and oxygen atoms in total. The lowest BCUT2D eigenvalue weighted by Crippen LogP contribution is -2.23. The molecule has 2 aromatic carbocycles. The molecule has 124 valence electrons. The van der Waals surface area contributed by atoms with Gasteiger partial charge in [0, 0.05) is 35.8 Å². The van der Waals surface area contributed by atoms with Crippen molar-refractivity contribution in [1.82, 2.24) is 4.90 Å². The number of hydrogen-bond acceptors (Lipinski definition) is 2. The summed E-state index contributed by atoms with van der Waals surface area (Å²) in [6, 6.07) is 12.7. The fourth-order valence-electron chi connectivity index (χ4n) is 2.81. The third-order valence-corrected chi connectivity index (χ3v) is 4.43. The summed E-state index contributed by atoms with van der Waals surface area (Å²) in [7, 11) is 0. The molecule has 0 aliphatic carbocycles. The number of likely N-dealkylation sites (tertiary alicyclic amines) is 1. The van der Waals surface area contributed by atoms with E-state index in [1.54, 1.807) is 24.3 Å². The summed E-state index contributed by atoms with van der Waals surface area (Å²) in [5.41, 5.74) is 3.28. The maximum absolute atomic E-state index is 12.4. The van der Waals surface area contributed by atoms with Crippen LogP contribution in [-0.2, 0) is 11.3 Å². The molecule has 0 unspecified atom stereocenters. The highest BCUT2D eigenvalue weighted by atomic mass is 35.5. The van der Waals surface area contributed by atoms with Gasteiger partial charge >= 0.3 is 0 Å². The predicted molar refractivity (Wildman–Crippen MR) is 95.2 cm³/mol. The summed E-state index contributed by atoms with van der Waals surface area (Å²) in [4.78, 5) is 25.9. The number of carbonyl (C=O) groups is 2. The van der Waals surface area contributed by atoms with Gasteiger partial charge in [-0.25, -0.2) is 0 Å². The Hall–Kier alpha value is -2.33. The second-order valence-corrected chi connectivity index (χ2v) is 6.47. The van der Waals surface area contributed by atoms with E-state index in [1.165, 1.54) is 0 Å². The van der Waals surface area contributed by atoms with E-state index in [0.29, 0.717) is 23.6 Å². The van der Waals surface area contributed by atoms with Crippen molar-refractivity contribution >= 4 is 29.1 Å². The zero-order valence-electron chi connectivity index (χ0n) is 13.5. The first-order chi connectivity index (χ1) is 11.5. The molecule has 1 N–H and O–H groups in total. The van der Waals surface area contributed by atoms with Gasteiger partial charge < -0.3 is 10.2 Å². The molecule has 0 aromatic heterocycles. The van der Waals surface area contributed by atoms with Crippen LogP contribution in [0, 0.1) is 6.92 Å². The summed E-state index contributed by atoms with van der Waals surface area (Å²) in [6.45, 7) is 3.32. The molecule has 5 heteroatoms. The molecule has 1 saturated heterocycles. The minimum absolute atomic E-state index is 0.163. The predicted octanol–water partition coefficient (Wildman–Crippen LogP) is 4.02. The summed E-state index contributed by atoms with van der Waals surface area (Å²) >= 11 is 5.93. The average molecular weight is 343 g/mol. The Morgan fingerprint density at radius 3 is 2.58 bits per heavy atom. The fourth-order valence-corrected chi connectivity index (χ4v) is 3.04. The van der Waals surface area contributed by atoms with Crippen molar-refractivity contribution in [3.63, 3.8) is 0 Å². The first-order valence-corrected chi connectivity index (χ1v) is 8.35. The maximum Gasteiger partial charge on any atom is 0.255 e. The van der Waals surface area contributed by atoms with Gasteiger partial charge in [-0.15, -0.1) is 0 Å². The Balaban J connectivity index is 1.66. The zero-order chi connectivity index (χ0) is 17.1. The third-order valence-electron chi connectivity index (χ3n) is 4.20. The van der Waals surface area contributed by atoms with Crippen molar-refractivity contribution in [1.29, 1.82) is 0 Å². The van der Waals surface area contributed by atoms with Crippen LogP contribution in [0.5, 0.6) is 0 Å². The van der Waals surface area contributed by atoms with Crippen molar-refractivity contribution in [3.05, 3.63) is 64.2 Å². The van der Waals surface area contributed by atoms with Crippen molar-refractivity contribution in [2.24, 2.45) is 0 Å². The van der Waals surface area contributed by atoms with Gasteiger partial charge in [0.25, 0.3) is 5.91 Å². The summed E-state index contributed by atoms with van der Waals surface area (Å²) in [5.74, 6) is 0.0410. The zero-order valence-corrected chi connectivity index (χ0v) is 14.3. The Morgan fingerprint density at radius 1 is 1.21 bits per heavy atom. The molecule has 0 bridgehead atoms. The van der Waals surface area contributed by atoms with Crippen LogP contribution in [0.3, 0.4) is 0 Å². The molecule has 1 aliphatic rings. The van der Waals surface area contributed by atoms with E-state index >= 15 is 0 Å². The Labute approximate surface area is 146 Å². The topological polar surface area (TPSA) is 49.4 Å². The molecule has 0 radical (unpaired) electrons. The molecular formula is C19H19ClN2O2. The van der Waals surface area contributed by atoms with Crippen LogP contribution in [0.25, 0.3) is 0 Å². The fraction of sp³-hybridized carbons (Fsp3) is 0.263. The second kappa shape index (κ2) is 7.05. The molecule has 1 fully saturated rings. The van der Waals surface area contributed by atoms with Gasteiger partial charge in [0.15, 0.2) is 0 Å². The van der Waals surface area contributed by atoms with Gasteiger partial charge in [-0.1, -0.05) is 23.7 Å². The minimum atomic E-state index is -0.163. The summed E-state index contributed by atoms with van der Waals surface area (Å²) < 4.78 is 0. The number of aryl methyl sites for hydroxylation is 1. The van der Waals surface area contributed by atoms with Gasteiger partial charge in [-0.05, 0) is 54.8 Å². The lowest BCUT2D eigenvalue weighted by atomic mass is 10.1. The van der Waals surface area contributed by atoms with Gasteiger partial charge in [0.05, 0.1) is 0 Å². The number of benzene rings is 2. The molecular weight excluding hydrogens is 324 g/mol. The lowest BCUT2D eigenvalue weighted by Gasteiger charge is -2.15. The highest BCUT2D eigenvalue weighted by Gasteiger charge is 2.20. The smallest absolute Gasteiger partial charge is 0.255 e. The number of halogens is 1. The van der Waals surface area contributed by atoms with Crippen LogP contribution >= 0.6 is 11.6 Å². The van der Waals surface area contributed by atoms with E-state index in [4.69, 9.17) is 11.6 Å². The van der Waals surface area contributed by atoms with Gasteiger partial charge in [0.2, 0.25) is 5.91 Å². The molecule has 0 saturated carbocycles. The number of hydrogen-bond donors (Lipinski definition) is 1. The maximum atomic E-state index is 12.4. The normalized spacial score (nSPS) is 14.1. The average Bonchev–Trinajstić information content (AvgIpc) is 2.96. The van der Waals surface area contributed by atoms with Crippen molar-refractivity contribution in [2.75, 3.05) is 11.9 Å². The van der Waals surface area contributed by atoms with E-state index in [1.807, 2.05) is 30.0 Å². The highest BCUT2D eigenvalue weighted by molar-refractivity contribution is 6.30.